The first-order chi connectivity index (χ1) is 12.3. The molecular formula is C21H22O2P2S. The van der Waals surface area contributed by atoms with Crippen molar-refractivity contribution in [1.29, 1.82) is 0 Å². The number of hydrogen-bond acceptors (Lipinski definition) is 3. The fourth-order valence-electron chi connectivity index (χ4n) is 3.51. The van der Waals surface area contributed by atoms with Crippen LogP contribution in [0.2, 0.25) is 0 Å². The van der Waals surface area contributed by atoms with Gasteiger partial charge in [0, 0.05) is 12.9 Å². The van der Waals surface area contributed by atoms with E-state index in [1.807, 2.05) is 32.9 Å². The molecule has 0 atom stereocenters. The highest BCUT2D eigenvalue weighted by molar-refractivity contribution is 7.90. The molecule has 1 heterocycles. The molecule has 0 radical (unpaired) electrons. The van der Waals surface area contributed by atoms with Gasteiger partial charge in [0.25, 0.3) is 0 Å². The summed E-state index contributed by atoms with van der Waals surface area (Å²) in [5.74, 6) is -0.241. The lowest BCUT2D eigenvalue weighted by Crippen LogP contribution is -2.11. The van der Waals surface area contributed by atoms with Gasteiger partial charge < -0.3 is 4.74 Å². The van der Waals surface area contributed by atoms with E-state index in [1.54, 1.807) is 10.9 Å². The third kappa shape index (κ3) is 3.91. The van der Waals surface area contributed by atoms with Crippen LogP contribution in [0.25, 0.3) is 10.2 Å². The molecule has 0 fully saturated rings. The van der Waals surface area contributed by atoms with E-state index in [4.69, 9.17) is 4.74 Å². The van der Waals surface area contributed by atoms with Crippen molar-refractivity contribution in [3.8, 4) is 15.4 Å². The number of carbonyl (C=O) groups is 1. The van der Waals surface area contributed by atoms with Crippen molar-refractivity contribution in [3.63, 3.8) is 0 Å². The van der Waals surface area contributed by atoms with Gasteiger partial charge in [0.05, 0.1) is 10.2 Å². The zero-order chi connectivity index (χ0) is 19.0. The molecule has 3 aromatic rings. The molecule has 0 aliphatic heterocycles. The van der Waals surface area contributed by atoms with Gasteiger partial charge in [0.2, 0.25) is 0 Å². The monoisotopic (exact) mass is 400 g/mol. The lowest BCUT2D eigenvalue weighted by molar-refractivity contribution is 0.0744. The number of benzene rings is 2. The van der Waals surface area contributed by atoms with Crippen LogP contribution in [0.1, 0.15) is 43.7 Å². The molecule has 0 aliphatic rings. The molecule has 26 heavy (non-hydrogen) atoms. The Balaban J connectivity index is 1.89. The van der Waals surface area contributed by atoms with Crippen molar-refractivity contribution in [2.24, 2.45) is 0 Å². The molecular weight excluding hydrogens is 378 g/mol. The van der Waals surface area contributed by atoms with Crippen LogP contribution in [0.4, 0.5) is 0 Å². The van der Waals surface area contributed by atoms with Gasteiger partial charge in [-0.3, -0.25) is 0 Å². The van der Waals surface area contributed by atoms with Gasteiger partial charge in [-0.05, 0) is 72.0 Å². The highest BCUT2D eigenvalue weighted by atomic mass is 32.5. The second-order valence-corrected chi connectivity index (χ2v) is 10.8. The lowest BCUT2D eigenvalue weighted by Gasteiger charge is -2.10. The minimum atomic E-state index is -0.241. The summed E-state index contributed by atoms with van der Waals surface area (Å²) in [6, 6.07) is 8.49. The Morgan fingerprint density at radius 2 is 1.35 bits per heavy atom. The van der Waals surface area contributed by atoms with Crippen LogP contribution in [0, 0.1) is 41.5 Å². The van der Waals surface area contributed by atoms with Crippen LogP contribution in [0.3, 0.4) is 0 Å². The number of hydrogen-bond donors (Lipinski definition) is 0. The van der Waals surface area contributed by atoms with Gasteiger partial charge in [0.1, 0.15) is 0 Å². The van der Waals surface area contributed by atoms with E-state index in [-0.39, 0.29) is 5.97 Å². The summed E-state index contributed by atoms with van der Waals surface area (Å²) in [5.41, 5.74) is 8.94. The van der Waals surface area contributed by atoms with E-state index >= 15 is 0 Å². The number of carbonyl (C=O) groups excluding carboxylic acids is 1. The first-order valence-electron chi connectivity index (χ1n) is 8.48. The molecule has 0 N–H and O–H groups in total. The molecule has 0 amide bonds. The molecule has 0 unspecified atom stereocenters. The Bertz CT molecular complexity index is 959. The summed E-state index contributed by atoms with van der Waals surface area (Å²) in [6.07, 6.45) is 0. The normalized spacial score (nSPS) is 11.5. The van der Waals surface area contributed by atoms with Crippen molar-refractivity contribution in [1.82, 2.24) is 0 Å². The molecule has 2 nitrogen and oxygen atoms in total. The number of esters is 1. The molecule has 3 rings (SSSR count). The third-order valence-electron chi connectivity index (χ3n) is 4.36. The summed E-state index contributed by atoms with van der Waals surface area (Å²) < 4.78 is 7.03. The summed E-state index contributed by atoms with van der Waals surface area (Å²) in [6.45, 7) is 12.4. The molecule has 0 spiro atoms. The minimum absolute atomic E-state index is 0.241. The highest BCUT2D eigenvalue weighted by Crippen LogP contribution is 2.51. The van der Waals surface area contributed by atoms with E-state index in [9.17, 15) is 4.79 Å². The highest BCUT2D eigenvalue weighted by Gasteiger charge is 2.18. The van der Waals surface area contributed by atoms with Crippen LogP contribution in [-0.4, -0.2) is 5.97 Å². The van der Waals surface area contributed by atoms with Gasteiger partial charge >= 0.3 is 5.97 Å². The zero-order valence-electron chi connectivity index (χ0n) is 15.9. The van der Waals surface area contributed by atoms with E-state index < -0.39 is 0 Å². The van der Waals surface area contributed by atoms with Crippen LogP contribution in [0.5, 0.6) is 5.21 Å². The fourth-order valence-corrected chi connectivity index (χ4v) is 8.40. The molecule has 0 saturated heterocycles. The predicted molar refractivity (Wildman–Crippen MR) is 115 cm³/mol. The maximum absolute atomic E-state index is 12.7. The molecule has 0 bridgehead atoms. The van der Waals surface area contributed by atoms with Gasteiger partial charge in [-0.15, -0.1) is 10.9 Å². The van der Waals surface area contributed by atoms with Crippen LogP contribution >= 0.6 is 26.5 Å². The minimum Gasteiger partial charge on any atom is -0.412 e. The molecule has 5 heteroatoms. The topological polar surface area (TPSA) is 26.3 Å². The molecule has 1 aromatic heterocycles. The van der Waals surface area contributed by atoms with Gasteiger partial charge in [0.15, 0.2) is 5.21 Å². The Morgan fingerprint density at radius 3 is 1.88 bits per heavy atom. The molecule has 134 valence electrons. The van der Waals surface area contributed by atoms with Crippen molar-refractivity contribution < 1.29 is 9.53 Å². The Labute approximate surface area is 162 Å². The molecule has 2 aromatic carbocycles. The SMILES string of the molecule is Cc1cc(C)c(C(=O)Oc2psc(-c3c(C)cc(C)cc3C)p2)c(C)c1. The molecule has 0 aliphatic carbocycles. The van der Waals surface area contributed by atoms with E-state index in [0.717, 1.165) is 37.5 Å². The fraction of sp³-hybridized carbons (Fsp3) is 0.286. The van der Waals surface area contributed by atoms with Gasteiger partial charge in [-0.1, -0.05) is 35.4 Å². The van der Waals surface area contributed by atoms with Gasteiger partial charge in [-0.25, -0.2) is 4.79 Å². The standard InChI is InChI=1S/C21H22O2P2S/c1-11-7-13(3)17(14(4)8-11)19(22)23-21-24-20(26-25-21)18-15(5)9-12(2)10-16(18)6/h7-10H,1-6H3. The summed E-state index contributed by atoms with van der Waals surface area (Å²) in [7, 11) is 3.76. The summed E-state index contributed by atoms with van der Waals surface area (Å²) in [5, 5.41) is 0.800. The van der Waals surface area contributed by atoms with Crippen molar-refractivity contribution in [3.05, 3.63) is 63.2 Å². The summed E-state index contributed by atoms with van der Waals surface area (Å²) >= 11 is 0. The number of ether oxygens (including phenoxy) is 1. The van der Waals surface area contributed by atoms with Crippen LogP contribution in [0.15, 0.2) is 24.3 Å². The van der Waals surface area contributed by atoms with Crippen LogP contribution < -0.4 is 4.74 Å². The van der Waals surface area contributed by atoms with E-state index in [0.29, 0.717) is 5.56 Å². The van der Waals surface area contributed by atoms with Crippen molar-refractivity contribution in [2.75, 3.05) is 0 Å². The predicted octanol–water partition coefficient (Wildman–Crippen LogP) is 7.65. The maximum atomic E-state index is 12.7. The van der Waals surface area contributed by atoms with E-state index in [2.05, 4.69) is 32.9 Å². The maximum Gasteiger partial charge on any atom is 0.344 e. The molecule has 0 saturated carbocycles. The van der Waals surface area contributed by atoms with E-state index in [1.165, 1.54) is 26.9 Å². The summed E-state index contributed by atoms with van der Waals surface area (Å²) in [4.78, 5) is 12.7. The first-order valence-corrected chi connectivity index (χ1v) is 11.7. The van der Waals surface area contributed by atoms with Gasteiger partial charge in [-0.2, -0.15) is 0 Å². The lowest BCUT2D eigenvalue weighted by atomic mass is 10.0. The average Bonchev–Trinajstić information content (AvgIpc) is 2.92. The smallest absolute Gasteiger partial charge is 0.344 e. The number of rotatable bonds is 3. The second kappa shape index (κ2) is 7.61. The Morgan fingerprint density at radius 1 is 0.846 bits per heavy atom. The quantitative estimate of drug-likeness (QED) is 0.422. The largest absolute Gasteiger partial charge is 0.412 e. The van der Waals surface area contributed by atoms with Crippen molar-refractivity contribution in [2.45, 2.75) is 41.5 Å². The number of aryl methyl sites for hydroxylation is 6. The average molecular weight is 400 g/mol. The Kier molecular flexibility index (Phi) is 5.63. The van der Waals surface area contributed by atoms with Crippen LogP contribution in [-0.2, 0) is 0 Å². The Hall–Kier alpha value is -1.53. The second-order valence-electron chi connectivity index (χ2n) is 6.82. The van der Waals surface area contributed by atoms with Crippen molar-refractivity contribution >= 4 is 32.5 Å². The zero-order valence-corrected chi connectivity index (χ0v) is 18.5. The first kappa shape index (κ1) is 19.2. The third-order valence-corrected chi connectivity index (χ3v) is 9.09.